The maximum absolute atomic E-state index is 2.37. The first kappa shape index (κ1) is 53.7. The van der Waals surface area contributed by atoms with Crippen LogP contribution >= 0.6 is 0 Å². The first-order chi connectivity index (χ1) is 40.4. The average molecular weight is 1070 g/mol. The highest BCUT2D eigenvalue weighted by molar-refractivity contribution is 6.14. The predicted molar refractivity (Wildman–Crippen MR) is 360 cm³/mol. The monoisotopic (exact) mass is 1070 g/mol. The Morgan fingerprint density at radius 1 is 0.193 bits per heavy atom. The minimum atomic E-state index is 1.14. The lowest BCUT2D eigenvalue weighted by atomic mass is 9.91. The highest BCUT2D eigenvalue weighted by Crippen LogP contribution is 2.44. The van der Waals surface area contributed by atoms with Gasteiger partial charge in [-0.3, -0.25) is 0 Å². The second-order valence-corrected chi connectivity index (χ2v) is 22.3. The Balaban J connectivity index is 0.000000165. The number of hydrogen-bond acceptors (Lipinski definition) is 3. The standard InChI is InChI=1S/C42H36N2.C38H33N/c1-29-15-19-35(20-16-29)43(33-11-7-5-8-12-33)37-23-25-39-31(3)32(4)40-26-24-38(28-42(40)41(39)27-37)44(34-13-9-6-10-14-34)36-21-17-30(2)18-22-36;1-26-10-14-30(15-11-26)16-17-31-18-22-35-28(3)29(4)36-23-21-34(25-38(36)37(35)24-31)39(32-8-6-5-7-9-32)33-19-12-27(2)13-20-33/h5-28H,1-4H3;5-25H,1-4H3/b;17-16+. The largest absolute Gasteiger partial charge is 0.310 e. The molecule has 0 N–H and O–H groups in total. The van der Waals surface area contributed by atoms with E-state index in [1.54, 1.807) is 0 Å². The number of benzene rings is 13. The predicted octanol–water partition coefficient (Wildman–Crippen LogP) is 23.0. The van der Waals surface area contributed by atoms with Crippen LogP contribution in [0.3, 0.4) is 0 Å². The summed E-state index contributed by atoms with van der Waals surface area (Å²) in [6, 6.07) is 94.6. The fourth-order valence-corrected chi connectivity index (χ4v) is 11.7. The van der Waals surface area contributed by atoms with Crippen LogP contribution < -0.4 is 14.7 Å². The van der Waals surface area contributed by atoms with Crippen molar-refractivity contribution in [3.63, 3.8) is 0 Å². The summed E-state index contributed by atoms with van der Waals surface area (Å²) in [5.41, 5.74) is 23.1. The lowest BCUT2D eigenvalue weighted by Gasteiger charge is -2.27. The van der Waals surface area contributed by atoms with Gasteiger partial charge in [-0.25, -0.2) is 0 Å². The molecule has 0 saturated carbocycles. The molecule has 0 bridgehead atoms. The molecule has 0 spiro atoms. The third-order valence-corrected chi connectivity index (χ3v) is 16.6. The van der Waals surface area contributed by atoms with Gasteiger partial charge in [0.2, 0.25) is 0 Å². The summed E-state index contributed by atoms with van der Waals surface area (Å²) >= 11 is 0. The smallest absolute Gasteiger partial charge is 0.0468 e. The Morgan fingerprint density at radius 2 is 0.422 bits per heavy atom. The molecule has 0 atom stereocenters. The Morgan fingerprint density at radius 3 is 0.735 bits per heavy atom. The zero-order chi connectivity index (χ0) is 57.1. The van der Waals surface area contributed by atoms with Crippen LogP contribution in [0, 0.1) is 55.4 Å². The summed E-state index contributed by atoms with van der Waals surface area (Å²) in [7, 11) is 0. The molecular formula is C80H69N3. The van der Waals surface area contributed by atoms with Gasteiger partial charge in [0.1, 0.15) is 0 Å². The molecule has 0 aliphatic rings. The number of aryl methyl sites for hydroxylation is 8. The van der Waals surface area contributed by atoms with Crippen LogP contribution in [0.1, 0.15) is 55.6 Å². The summed E-state index contributed by atoms with van der Waals surface area (Å²) in [4.78, 5) is 7.06. The Hall–Kier alpha value is -9.96. The Labute approximate surface area is 490 Å². The summed E-state index contributed by atoms with van der Waals surface area (Å²) < 4.78 is 0. The minimum Gasteiger partial charge on any atom is -0.310 e. The molecule has 13 rings (SSSR count). The number of rotatable bonds is 11. The van der Waals surface area contributed by atoms with E-state index in [2.05, 4.69) is 343 Å². The summed E-state index contributed by atoms with van der Waals surface area (Å²) in [6.45, 7) is 17.5. The van der Waals surface area contributed by atoms with Crippen molar-refractivity contribution in [2.24, 2.45) is 0 Å². The van der Waals surface area contributed by atoms with Crippen LogP contribution in [0.4, 0.5) is 51.2 Å². The highest BCUT2D eigenvalue weighted by Gasteiger charge is 2.20. The van der Waals surface area contributed by atoms with Gasteiger partial charge >= 0.3 is 0 Å². The van der Waals surface area contributed by atoms with E-state index in [1.165, 1.54) is 98.7 Å². The van der Waals surface area contributed by atoms with Crippen molar-refractivity contribution in [3.8, 4) is 0 Å². The molecule has 13 aromatic rings. The SMILES string of the molecule is Cc1ccc(/C=C/c2ccc3c(C)c(C)c4ccc(N(c5ccccc5)c5ccc(C)cc5)cc4c3c2)cc1.Cc1ccc(N(c2ccccc2)c2ccc3c(C)c(C)c4ccc(N(c5ccccc5)c5ccc(C)cc5)cc4c3c2)cc1. The van der Waals surface area contributed by atoms with Crippen LogP contribution in [-0.2, 0) is 0 Å². The van der Waals surface area contributed by atoms with Gasteiger partial charge in [0.05, 0.1) is 0 Å². The molecule has 0 unspecified atom stereocenters. The molecule has 404 valence electrons. The molecule has 0 amide bonds. The van der Waals surface area contributed by atoms with E-state index >= 15 is 0 Å². The van der Waals surface area contributed by atoms with Crippen LogP contribution in [0.15, 0.2) is 261 Å². The van der Waals surface area contributed by atoms with Crippen molar-refractivity contribution in [2.75, 3.05) is 14.7 Å². The minimum absolute atomic E-state index is 1.14. The zero-order valence-corrected chi connectivity index (χ0v) is 48.8. The summed E-state index contributed by atoms with van der Waals surface area (Å²) in [6.07, 6.45) is 4.42. The number of fused-ring (bicyclic) bond motifs is 6. The van der Waals surface area contributed by atoms with Crippen LogP contribution in [0.25, 0.3) is 55.2 Å². The maximum atomic E-state index is 2.37. The van der Waals surface area contributed by atoms with Gasteiger partial charge in [0.25, 0.3) is 0 Å². The fourth-order valence-electron chi connectivity index (χ4n) is 11.7. The second kappa shape index (κ2) is 23.3. The van der Waals surface area contributed by atoms with E-state index in [0.717, 1.165) is 51.2 Å². The molecule has 3 nitrogen and oxygen atoms in total. The zero-order valence-electron chi connectivity index (χ0n) is 48.8. The van der Waals surface area contributed by atoms with Gasteiger partial charge < -0.3 is 14.7 Å². The molecule has 0 aliphatic carbocycles. The summed E-state index contributed by atoms with van der Waals surface area (Å²) in [5, 5.41) is 10.3. The van der Waals surface area contributed by atoms with Gasteiger partial charge in [-0.2, -0.15) is 0 Å². The maximum Gasteiger partial charge on any atom is 0.0468 e. The molecule has 0 radical (unpaired) electrons. The third-order valence-electron chi connectivity index (χ3n) is 16.6. The van der Waals surface area contributed by atoms with E-state index in [9.17, 15) is 0 Å². The van der Waals surface area contributed by atoms with Gasteiger partial charge in [-0.15, -0.1) is 0 Å². The number of anilines is 9. The normalized spacial score (nSPS) is 11.3. The van der Waals surface area contributed by atoms with Crippen LogP contribution in [-0.4, -0.2) is 0 Å². The van der Waals surface area contributed by atoms with Gasteiger partial charge in [-0.1, -0.05) is 180 Å². The van der Waals surface area contributed by atoms with E-state index in [1.807, 2.05) is 0 Å². The highest BCUT2D eigenvalue weighted by atomic mass is 15.2. The third kappa shape index (κ3) is 11.0. The molecule has 0 heterocycles. The van der Waals surface area contributed by atoms with Gasteiger partial charge in [0, 0.05) is 51.2 Å². The van der Waals surface area contributed by atoms with Crippen molar-refractivity contribution in [2.45, 2.75) is 55.4 Å². The molecule has 3 heteroatoms. The van der Waals surface area contributed by atoms with Crippen molar-refractivity contribution in [1.82, 2.24) is 0 Å². The van der Waals surface area contributed by atoms with Crippen LogP contribution in [0.2, 0.25) is 0 Å². The van der Waals surface area contributed by atoms with Crippen molar-refractivity contribution < 1.29 is 0 Å². The van der Waals surface area contributed by atoms with E-state index in [-0.39, 0.29) is 0 Å². The molecule has 0 aliphatic heterocycles. The molecule has 0 aromatic heterocycles. The van der Waals surface area contributed by atoms with Crippen molar-refractivity contribution in [1.29, 1.82) is 0 Å². The summed E-state index contributed by atoms with van der Waals surface area (Å²) in [5.74, 6) is 0. The number of para-hydroxylation sites is 3. The Bertz CT molecular complexity index is 4320. The quantitative estimate of drug-likeness (QED) is 0.0944. The fraction of sp³-hybridized carbons (Fsp3) is 0.100. The van der Waals surface area contributed by atoms with Gasteiger partial charge in [-0.05, 0) is 247 Å². The van der Waals surface area contributed by atoms with Gasteiger partial charge in [0.15, 0.2) is 0 Å². The number of nitrogens with zero attached hydrogens (tertiary/aromatic N) is 3. The molecule has 0 saturated heterocycles. The van der Waals surface area contributed by atoms with Crippen molar-refractivity contribution >= 4 is 106 Å². The molecule has 83 heavy (non-hydrogen) atoms. The topological polar surface area (TPSA) is 9.72 Å². The first-order valence-electron chi connectivity index (χ1n) is 28.9. The first-order valence-corrected chi connectivity index (χ1v) is 28.9. The molecular weight excluding hydrogens is 1000 g/mol. The van der Waals surface area contributed by atoms with Crippen LogP contribution in [0.5, 0.6) is 0 Å². The number of hydrogen-bond donors (Lipinski definition) is 0. The Kier molecular flexibility index (Phi) is 15.0. The molecule has 13 aromatic carbocycles. The van der Waals surface area contributed by atoms with E-state index in [0.29, 0.717) is 0 Å². The lowest BCUT2D eigenvalue weighted by molar-refractivity contribution is 1.28. The van der Waals surface area contributed by atoms with E-state index in [4.69, 9.17) is 0 Å². The lowest BCUT2D eigenvalue weighted by Crippen LogP contribution is -2.10. The van der Waals surface area contributed by atoms with Crippen molar-refractivity contribution in [3.05, 3.63) is 316 Å². The second-order valence-electron chi connectivity index (χ2n) is 22.3. The molecule has 0 fully saturated rings. The van der Waals surface area contributed by atoms with E-state index < -0.39 is 0 Å². The average Bonchev–Trinajstić information content (AvgIpc) is 3.71.